The van der Waals surface area contributed by atoms with Gasteiger partial charge in [-0.1, -0.05) is 18.5 Å². The van der Waals surface area contributed by atoms with Crippen molar-refractivity contribution < 1.29 is 9.47 Å². The topological polar surface area (TPSA) is 44.5 Å². The van der Waals surface area contributed by atoms with E-state index in [2.05, 4.69) is 6.92 Å². The van der Waals surface area contributed by atoms with Gasteiger partial charge in [0.25, 0.3) is 0 Å². The Morgan fingerprint density at radius 2 is 1.85 bits per heavy atom. The summed E-state index contributed by atoms with van der Waals surface area (Å²) in [6, 6.07) is 11.4. The van der Waals surface area contributed by atoms with Crippen LogP contribution in [0.2, 0.25) is 4.34 Å². The molecule has 0 spiro atoms. The third-order valence-electron chi connectivity index (χ3n) is 2.70. The van der Waals surface area contributed by atoms with Crippen molar-refractivity contribution in [2.45, 2.75) is 19.4 Å². The summed E-state index contributed by atoms with van der Waals surface area (Å²) in [6.07, 6.45) is 0.821. The fraction of sp³-hybridized carbons (Fsp3) is 0.333. The molecule has 0 aliphatic heterocycles. The summed E-state index contributed by atoms with van der Waals surface area (Å²) in [4.78, 5) is 1.03. The van der Waals surface area contributed by atoms with E-state index in [4.69, 9.17) is 26.8 Å². The fourth-order valence-corrected chi connectivity index (χ4v) is 2.83. The second kappa shape index (κ2) is 7.53. The van der Waals surface area contributed by atoms with E-state index in [9.17, 15) is 0 Å². The second-order valence-electron chi connectivity index (χ2n) is 4.30. The first-order chi connectivity index (χ1) is 9.72. The average molecular weight is 312 g/mol. The minimum atomic E-state index is -0.171. The van der Waals surface area contributed by atoms with E-state index in [1.54, 1.807) is 0 Å². The lowest BCUT2D eigenvalue weighted by atomic mass is 10.2. The Balaban J connectivity index is 2.00. The Morgan fingerprint density at radius 1 is 1.15 bits per heavy atom. The van der Waals surface area contributed by atoms with Crippen LogP contribution < -0.4 is 15.2 Å². The molecule has 0 bridgehead atoms. The van der Waals surface area contributed by atoms with Crippen LogP contribution in [0.4, 0.5) is 0 Å². The molecule has 108 valence electrons. The molecule has 1 aromatic heterocycles. The molecule has 2 N–H and O–H groups in total. The standard InChI is InChI=1S/C15H18ClNO2S/c1-2-9-18-11-3-5-12(6-4-11)19-13(10-17)14-7-8-15(16)20-14/h3-8,13H,2,9-10,17H2,1H3. The van der Waals surface area contributed by atoms with Crippen molar-refractivity contribution in [3.05, 3.63) is 45.6 Å². The summed E-state index contributed by atoms with van der Waals surface area (Å²) in [7, 11) is 0. The molecule has 0 aliphatic rings. The number of benzene rings is 1. The maximum atomic E-state index is 5.94. The van der Waals surface area contributed by atoms with Crippen molar-refractivity contribution in [3.8, 4) is 11.5 Å². The Morgan fingerprint density at radius 3 is 2.40 bits per heavy atom. The van der Waals surface area contributed by atoms with E-state index in [-0.39, 0.29) is 6.10 Å². The first kappa shape index (κ1) is 15.2. The third-order valence-corrected chi connectivity index (χ3v) is 4.02. The van der Waals surface area contributed by atoms with Crippen molar-refractivity contribution in [1.82, 2.24) is 0 Å². The summed E-state index contributed by atoms with van der Waals surface area (Å²) in [6.45, 7) is 3.21. The van der Waals surface area contributed by atoms with E-state index < -0.39 is 0 Å². The number of ether oxygens (including phenoxy) is 2. The van der Waals surface area contributed by atoms with Crippen molar-refractivity contribution >= 4 is 22.9 Å². The van der Waals surface area contributed by atoms with Gasteiger partial charge in [-0.2, -0.15) is 0 Å². The molecule has 1 atom stereocenters. The first-order valence-electron chi connectivity index (χ1n) is 6.57. The summed E-state index contributed by atoms with van der Waals surface area (Å²) >= 11 is 7.43. The van der Waals surface area contributed by atoms with Crippen LogP contribution in [0, 0.1) is 0 Å². The largest absolute Gasteiger partial charge is 0.494 e. The number of hydrogen-bond acceptors (Lipinski definition) is 4. The van der Waals surface area contributed by atoms with Gasteiger partial charge in [0.15, 0.2) is 0 Å². The molecule has 2 aromatic rings. The number of hydrogen-bond donors (Lipinski definition) is 1. The minimum absolute atomic E-state index is 0.171. The predicted octanol–water partition coefficient (Wildman–Crippen LogP) is 4.27. The molecule has 0 aliphatic carbocycles. The highest BCUT2D eigenvalue weighted by Crippen LogP contribution is 2.30. The van der Waals surface area contributed by atoms with E-state index in [0.29, 0.717) is 6.54 Å². The number of rotatable bonds is 7. The summed E-state index contributed by atoms with van der Waals surface area (Å²) in [5.41, 5.74) is 5.77. The van der Waals surface area contributed by atoms with Crippen LogP contribution >= 0.6 is 22.9 Å². The second-order valence-corrected chi connectivity index (χ2v) is 6.05. The van der Waals surface area contributed by atoms with Gasteiger partial charge in [-0.15, -0.1) is 11.3 Å². The highest BCUT2D eigenvalue weighted by molar-refractivity contribution is 7.16. The smallest absolute Gasteiger partial charge is 0.145 e. The summed E-state index contributed by atoms with van der Waals surface area (Å²) < 4.78 is 12.2. The molecular formula is C15H18ClNO2S. The van der Waals surface area contributed by atoms with Crippen LogP contribution in [0.25, 0.3) is 0 Å². The zero-order valence-electron chi connectivity index (χ0n) is 11.3. The molecule has 1 aromatic carbocycles. The fourth-order valence-electron chi connectivity index (χ4n) is 1.72. The lowest BCUT2D eigenvalue weighted by molar-refractivity contribution is 0.217. The Labute approximate surface area is 128 Å². The van der Waals surface area contributed by atoms with Gasteiger partial charge in [0.2, 0.25) is 0 Å². The zero-order valence-corrected chi connectivity index (χ0v) is 12.9. The molecule has 1 unspecified atom stereocenters. The molecule has 2 rings (SSSR count). The van der Waals surface area contributed by atoms with Crippen LogP contribution in [-0.2, 0) is 0 Å². The monoisotopic (exact) mass is 311 g/mol. The van der Waals surface area contributed by atoms with Crippen LogP contribution in [0.5, 0.6) is 11.5 Å². The lowest BCUT2D eigenvalue weighted by Gasteiger charge is -2.16. The maximum absolute atomic E-state index is 5.94. The summed E-state index contributed by atoms with van der Waals surface area (Å²) in [5, 5.41) is 0. The van der Waals surface area contributed by atoms with Gasteiger partial charge in [-0.05, 0) is 42.8 Å². The average Bonchev–Trinajstić information content (AvgIpc) is 2.90. The van der Waals surface area contributed by atoms with Crippen molar-refractivity contribution in [2.75, 3.05) is 13.2 Å². The Kier molecular flexibility index (Phi) is 5.71. The van der Waals surface area contributed by atoms with Gasteiger partial charge in [0, 0.05) is 11.4 Å². The van der Waals surface area contributed by atoms with Gasteiger partial charge in [0.05, 0.1) is 10.9 Å². The Bertz CT molecular complexity index is 527. The van der Waals surface area contributed by atoms with Gasteiger partial charge in [0.1, 0.15) is 17.6 Å². The van der Waals surface area contributed by atoms with Crippen LogP contribution in [-0.4, -0.2) is 13.2 Å². The van der Waals surface area contributed by atoms with E-state index >= 15 is 0 Å². The molecule has 0 saturated heterocycles. The lowest BCUT2D eigenvalue weighted by Crippen LogP contribution is -2.17. The number of halogens is 1. The molecule has 20 heavy (non-hydrogen) atoms. The third kappa shape index (κ3) is 4.13. The highest BCUT2D eigenvalue weighted by Gasteiger charge is 2.14. The van der Waals surface area contributed by atoms with E-state index in [0.717, 1.165) is 33.7 Å². The van der Waals surface area contributed by atoms with Gasteiger partial charge < -0.3 is 15.2 Å². The normalized spacial score (nSPS) is 12.2. The van der Waals surface area contributed by atoms with Crippen molar-refractivity contribution in [3.63, 3.8) is 0 Å². The highest BCUT2D eigenvalue weighted by atomic mass is 35.5. The zero-order chi connectivity index (χ0) is 14.4. The molecule has 0 fully saturated rings. The summed E-state index contributed by atoms with van der Waals surface area (Å²) in [5.74, 6) is 1.62. The van der Waals surface area contributed by atoms with Crippen molar-refractivity contribution in [2.24, 2.45) is 5.73 Å². The number of nitrogens with two attached hydrogens (primary N) is 1. The van der Waals surface area contributed by atoms with Gasteiger partial charge in [-0.25, -0.2) is 0 Å². The predicted molar refractivity (Wildman–Crippen MR) is 84.0 cm³/mol. The van der Waals surface area contributed by atoms with Crippen molar-refractivity contribution in [1.29, 1.82) is 0 Å². The molecular weight excluding hydrogens is 294 g/mol. The SMILES string of the molecule is CCCOc1ccc(OC(CN)c2ccc(Cl)s2)cc1. The molecule has 3 nitrogen and oxygen atoms in total. The minimum Gasteiger partial charge on any atom is -0.494 e. The van der Waals surface area contributed by atoms with E-state index in [1.165, 1.54) is 11.3 Å². The van der Waals surface area contributed by atoms with Gasteiger partial charge >= 0.3 is 0 Å². The molecule has 1 heterocycles. The molecule has 5 heteroatoms. The van der Waals surface area contributed by atoms with Crippen LogP contribution in [0.1, 0.15) is 24.3 Å². The first-order valence-corrected chi connectivity index (χ1v) is 7.77. The maximum Gasteiger partial charge on any atom is 0.145 e. The number of thiophene rings is 1. The quantitative estimate of drug-likeness (QED) is 0.830. The molecule has 0 saturated carbocycles. The van der Waals surface area contributed by atoms with Gasteiger partial charge in [-0.3, -0.25) is 0 Å². The van der Waals surface area contributed by atoms with Crippen LogP contribution in [0.3, 0.4) is 0 Å². The van der Waals surface area contributed by atoms with E-state index in [1.807, 2.05) is 36.4 Å². The Hall–Kier alpha value is -1.23. The molecule has 0 radical (unpaired) electrons. The molecule has 0 amide bonds. The van der Waals surface area contributed by atoms with Crippen LogP contribution in [0.15, 0.2) is 36.4 Å².